The summed E-state index contributed by atoms with van der Waals surface area (Å²) in [5, 5.41) is 9.50. The molecule has 2 saturated carbocycles. The van der Waals surface area contributed by atoms with Crippen LogP contribution in [0, 0.1) is 40.7 Å². The van der Waals surface area contributed by atoms with Crippen LogP contribution in [-0.4, -0.2) is 27.4 Å². The van der Waals surface area contributed by atoms with Gasteiger partial charge in [-0.05, 0) is 38.0 Å². The zero-order chi connectivity index (χ0) is 18.4. The van der Waals surface area contributed by atoms with Crippen molar-refractivity contribution in [2.24, 2.45) is 17.8 Å². The maximum atomic E-state index is 9.50. The number of hydrogen-bond donors (Lipinski definition) is 1. The lowest BCUT2D eigenvalue weighted by Crippen LogP contribution is -2.18. The fourth-order valence-corrected chi connectivity index (χ4v) is 4.32. The Kier molecular flexibility index (Phi) is 8.33. The summed E-state index contributed by atoms with van der Waals surface area (Å²) in [6, 6.07) is 0. The van der Waals surface area contributed by atoms with Gasteiger partial charge in [-0.2, -0.15) is 0 Å². The normalized spacial score (nSPS) is 29.7. The van der Waals surface area contributed by atoms with E-state index in [0.717, 1.165) is 31.1 Å². The lowest BCUT2D eigenvalue weighted by Gasteiger charge is -2.09. The molecule has 0 unspecified atom stereocenters. The topological polar surface area (TPSA) is 20.2 Å². The fraction of sp³-hybridized carbons (Fsp3) is 0.810. The van der Waals surface area contributed by atoms with E-state index in [0.29, 0.717) is 0 Å². The lowest BCUT2D eigenvalue weighted by atomic mass is 10.00. The van der Waals surface area contributed by atoms with E-state index in [-0.39, 0.29) is 12.0 Å². The van der Waals surface area contributed by atoms with Crippen LogP contribution in [0.5, 0.6) is 0 Å². The Labute approximate surface area is 153 Å². The minimum atomic E-state index is -1.23. The van der Waals surface area contributed by atoms with Crippen LogP contribution in [0.15, 0.2) is 0 Å². The minimum Gasteiger partial charge on any atom is -0.392 e. The molecule has 0 radical (unpaired) electrons. The van der Waals surface area contributed by atoms with Gasteiger partial charge in [0.15, 0.2) is 0 Å². The van der Waals surface area contributed by atoms with Crippen molar-refractivity contribution < 1.29 is 5.11 Å². The highest BCUT2D eigenvalue weighted by molar-refractivity contribution is 6.84. The summed E-state index contributed by atoms with van der Waals surface area (Å²) < 4.78 is 0. The van der Waals surface area contributed by atoms with Crippen LogP contribution in [0.4, 0.5) is 0 Å². The maximum Gasteiger partial charge on any atom is 0.129 e. The summed E-state index contributed by atoms with van der Waals surface area (Å²) in [7, 11) is -2.34. The number of hydrogen-bond acceptors (Lipinski definition) is 1. The molecule has 24 heavy (non-hydrogen) atoms. The maximum absolute atomic E-state index is 9.50. The van der Waals surface area contributed by atoms with Crippen molar-refractivity contribution in [3.63, 3.8) is 0 Å². The molecule has 0 aromatic rings. The van der Waals surface area contributed by atoms with E-state index in [1.54, 1.807) is 0 Å². The molecule has 0 spiro atoms. The molecule has 0 aromatic heterocycles. The lowest BCUT2D eigenvalue weighted by molar-refractivity contribution is 0.157. The van der Waals surface area contributed by atoms with Gasteiger partial charge >= 0.3 is 0 Å². The largest absolute Gasteiger partial charge is 0.392 e. The first-order valence-electron chi connectivity index (χ1n) is 9.71. The van der Waals surface area contributed by atoms with Gasteiger partial charge in [0.05, 0.1) is 6.10 Å². The SMILES string of the molecule is C[C@@H]1CCC[C@H]1C#C[Si](C)(C)C.C[Si](C)(C)C#C[C@@H]1CCC[C@H]1O. The Morgan fingerprint density at radius 2 is 1.17 bits per heavy atom. The third-order valence-corrected chi connectivity index (χ3v) is 6.39. The summed E-state index contributed by atoms with van der Waals surface area (Å²) in [5.41, 5.74) is 6.81. The standard InChI is InChI=1S/C11H20Si.C10H18OSi/c1-10-6-5-7-11(10)8-9-12(2,3)4;1-12(2,3)8-7-9-5-4-6-10(9)11/h10-11H,5-7H2,1-4H3;9-11H,4-6H2,1-3H3/t10-,11+;9-,10+/m10/s1. The molecule has 0 saturated heterocycles. The van der Waals surface area contributed by atoms with Gasteiger partial charge in [0.1, 0.15) is 16.1 Å². The van der Waals surface area contributed by atoms with E-state index in [9.17, 15) is 5.11 Å². The fourth-order valence-electron chi connectivity index (χ4n) is 3.09. The van der Waals surface area contributed by atoms with Crippen LogP contribution in [0.3, 0.4) is 0 Å². The second-order valence-corrected chi connectivity index (χ2v) is 19.2. The average molecular weight is 363 g/mol. The number of rotatable bonds is 0. The first-order valence-corrected chi connectivity index (χ1v) is 16.7. The van der Waals surface area contributed by atoms with Crippen LogP contribution in [-0.2, 0) is 0 Å². The molecule has 0 aromatic carbocycles. The predicted molar refractivity (Wildman–Crippen MR) is 112 cm³/mol. The highest BCUT2D eigenvalue weighted by Crippen LogP contribution is 2.30. The van der Waals surface area contributed by atoms with Gasteiger partial charge in [0.2, 0.25) is 0 Å². The smallest absolute Gasteiger partial charge is 0.129 e. The zero-order valence-electron chi connectivity index (χ0n) is 17.0. The van der Waals surface area contributed by atoms with Crippen LogP contribution in [0.1, 0.15) is 45.4 Å². The van der Waals surface area contributed by atoms with Crippen LogP contribution < -0.4 is 0 Å². The summed E-state index contributed by atoms with van der Waals surface area (Å²) in [6.45, 7) is 16.0. The molecule has 4 atom stereocenters. The predicted octanol–water partition coefficient (Wildman–Crippen LogP) is 5.33. The van der Waals surface area contributed by atoms with Gasteiger partial charge in [0.25, 0.3) is 0 Å². The van der Waals surface area contributed by atoms with Crippen LogP contribution >= 0.6 is 0 Å². The van der Waals surface area contributed by atoms with E-state index >= 15 is 0 Å². The Bertz CT molecular complexity index is 456. The van der Waals surface area contributed by atoms with E-state index in [1.165, 1.54) is 19.3 Å². The van der Waals surface area contributed by atoms with Crippen LogP contribution in [0.2, 0.25) is 39.3 Å². The Morgan fingerprint density at radius 3 is 1.54 bits per heavy atom. The van der Waals surface area contributed by atoms with Crippen molar-refractivity contribution in [3.05, 3.63) is 0 Å². The quantitative estimate of drug-likeness (QED) is 0.456. The highest BCUT2D eigenvalue weighted by Gasteiger charge is 2.23. The van der Waals surface area contributed by atoms with Crippen molar-refractivity contribution in [2.75, 3.05) is 0 Å². The van der Waals surface area contributed by atoms with Crippen molar-refractivity contribution >= 4 is 16.1 Å². The monoisotopic (exact) mass is 362 g/mol. The molecule has 2 fully saturated rings. The van der Waals surface area contributed by atoms with E-state index in [1.807, 2.05) is 0 Å². The number of aliphatic hydroxyl groups excluding tert-OH is 1. The van der Waals surface area contributed by atoms with Crippen molar-refractivity contribution in [1.82, 2.24) is 0 Å². The van der Waals surface area contributed by atoms with Crippen LogP contribution in [0.25, 0.3) is 0 Å². The van der Waals surface area contributed by atoms with Crippen molar-refractivity contribution in [3.8, 4) is 22.9 Å². The van der Waals surface area contributed by atoms with E-state index in [4.69, 9.17) is 0 Å². The molecule has 2 rings (SSSR count). The molecular weight excluding hydrogens is 324 g/mol. The van der Waals surface area contributed by atoms with E-state index in [2.05, 4.69) is 69.1 Å². The van der Waals surface area contributed by atoms with Crippen molar-refractivity contribution in [2.45, 2.75) is 90.8 Å². The van der Waals surface area contributed by atoms with Gasteiger partial charge < -0.3 is 5.11 Å². The molecule has 0 amide bonds. The molecule has 1 N–H and O–H groups in total. The second kappa shape index (κ2) is 9.28. The molecule has 0 heterocycles. The Hall–Kier alpha value is -0.486. The molecule has 136 valence electrons. The van der Waals surface area contributed by atoms with Gasteiger partial charge in [0, 0.05) is 11.8 Å². The molecule has 2 aliphatic rings. The molecule has 1 nitrogen and oxygen atoms in total. The van der Waals surface area contributed by atoms with E-state index < -0.39 is 16.1 Å². The summed E-state index contributed by atoms with van der Waals surface area (Å²) in [5.74, 6) is 8.57. The van der Waals surface area contributed by atoms with Gasteiger partial charge in [-0.25, -0.2) is 0 Å². The third-order valence-electron chi connectivity index (χ3n) is 4.61. The first kappa shape index (κ1) is 21.6. The van der Waals surface area contributed by atoms with Gasteiger partial charge in [-0.3, -0.25) is 0 Å². The molecule has 0 bridgehead atoms. The third kappa shape index (κ3) is 9.12. The van der Waals surface area contributed by atoms with Gasteiger partial charge in [-0.15, -0.1) is 22.9 Å². The Balaban J connectivity index is 0.000000240. The second-order valence-electron chi connectivity index (χ2n) is 9.66. The molecule has 0 aliphatic heterocycles. The first-order chi connectivity index (χ1) is 11.0. The molecule has 3 heteroatoms. The average Bonchev–Trinajstić information content (AvgIpc) is 3.02. The summed E-state index contributed by atoms with van der Waals surface area (Å²) in [4.78, 5) is 0. The van der Waals surface area contributed by atoms with Crippen molar-refractivity contribution in [1.29, 1.82) is 0 Å². The summed E-state index contributed by atoms with van der Waals surface area (Å²) >= 11 is 0. The molecular formula is C21H38OSi2. The highest BCUT2D eigenvalue weighted by atomic mass is 28.3. The molecule has 2 aliphatic carbocycles. The summed E-state index contributed by atoms with van der Waals surface area (Å²) in [6.07, 6.45) is 7.18. The number of aliphatic hydroxyl groups is 1. The minimum absolute atomic E-state index is 0.145. The Morgan fingerprint density at radius 1 is 0.708 bits per heavy atom. The zero-order valence-corrected chi connectivity index (χ0v) is 19.0. The van der Waals surface area contributed by atoms with Gasteiger partial charge in [-0.1, -0.05) is 52.6 Å².